The summed E-state index contributed by atoms with van der Waals surface area (Å²) in [5, 5.41) is 46.1. The number of hydrogen-bond acceptors (Lipinski definition) is 9. The molecule has 6 atom stereocenters. The summed E-state index contributed by atoms with van der Waals surface area (Å²) in [6.07, 6.45) is -8.32. The van der Waals surface area contributed by atoms with E-state index in [-0.39, 0.29) is 12.8 Å². The Hall–Kier alpha value is -1.30. The minimum absolute atomic E-state index is 0.175. The molecule has 1 aliphatic rings. The first-order valence-corrected chi connectivity index (χ1v) is 6.26. The van der Waals surface area contributed by atoms with E-state index in [9.17, 15) is 24.9 Å². The second kappa shape index (κ2) is 7.64. The van der Waals surface area contributed by atoms with Crippen LogP contribution in [0.2, 0.25) is 0 Å². The van der Waals surface area contributed by atoms with Crippen molar-refractivity contribution in [2.75, 3.05) is 6.61 Å². The first-order chi connectivity index (χ1) is 9.77. The summed E-state index contributed by atoms with van der Waals surface area (Å²) in [6, 6.07) is -1.24. The lowest BCUT2D eigenvalue weighted by Gasteiger charge is -2.39. The predicted molar refractivity (Wildman–Crippen MR) is 64.7 cm³/mol. The van der Waals surface area contributed by atoms with Crippen LogP contribution in [0.15, 0.2) is 0 Å². The number of carboxylic acid groups (broad SMARTS) is 1. The Kier molecular flexibility index (Phi) is 6.45. The molecule has 0 saturated carbocycles. The molecule has 0 amide bonds. The molecule has 21 heavy (non-hydrogen) atoms. The van der Waals surface area contributed by atoms with Crippen molar-refractivity contribution in [2.45, 2.75) is 49.6 Å². The molecule has 0 bridgehead atoms. The number of carbonyl (C=O) groups is 2. The number of aliphatic hydroxyl groups excluding tert-OH is 4. The largest absolute Gasteiger partial charge is 0.481 e. The fourth-order valence-electron chi connectivity index (χ4n) is 1.76. The van der Waals surface area contributed by atoms with E-state index in [1.807, 2.05) is 0 Å². The van der Waals surface area contributed by atoms with Crippen molar-refractivity contribution >= 4 is 11.9 Å². The number of ether oxygens (including phenoxy) is 2. The maximum atomic E-state index is 11.6. The van der Waals surface area contributed by atoms with Gasteiger partial charge in [-0.1, -0.05) is 0 Å². The highest BCUT2D eigenvalue weighted by Gasteiger charge is 2.45. The molecule has 0 aliphatic carbocycles. The molecule has 1 saturated heterocycles. The molecule has 0 spiro atoms. The summed E-state index contributed by atoms with van der Waals surface area (Å²) in [5.74, 6) is -2.16. The van der Waals surface area contributed by atoms with Crippen LogP contribution in [0.4, 0.5) is 0 Å². The SMILES string of the molecule is N[C@@H](CCC(=O)O)C(=O)OC1O[C@H](CO)[C@@H](O)[C@H](O)[C@H]1O. The maximum absolute atomic E-state index is 11.6. The van der Waals surface area contributed by atoms with Gasteiger partial charge in [-0.2, -0.15) is 0 Å². The monoisotopic (exact) mass is 309 g/mol. The van der Waals surface area contributed by atoms with Gasteiger partial charge in [-0.05, 0) is 6.42 Å². The van der Waals surface area contributed by atoms with Crippen molar-refractivity contribution in [1.82, 2.24) is 0 Å². The Morgan fingerprint density at radius 3 is 2.33 bits per heavy atom. The van der Waals surface area contributed by atoms with E-state index in [1.165, 1.54) is 0 Å². The van der Waals surface area contributed by atoms with E-state index in [0.717, 1.165) is 0 Å². The van der Waals surface area contributed by atoms with Crippen LogP contribution in [0.3, 0.4) is 0 Å². The fraction of sp³-hybridized carbons (Fsp3) is 0.818. The molecule has 122 valence electrons. The lowest BCUT2D eigenvalue weighted by molar-refractivity contribution is -0.293. The van der Waals surface area contributed by atoms with E-state index < -0.39 is 55.3 Å². The van der Waals surface area contributed by atoms with Crippen LogP contribution in [-0.2, 0) is 19.1 Å². The van der Waals surface area contributed by atoms with Gasteiger partial charge in [0.15, 0.2) is 0 Å². The van der Waals surface area contributed by atoms with Crippen LogP contribution in [0.25, 0.3) is 0 Å². The highest BCUT2D eigenvalue weighted by Crippen LogP contribution is 2.22. The van der Waals surface area contributed by atoms with Crippen molar-refractivity contribution in [3.05, 3.63) is 0 Å². The smallest absolute Gasteiger partial charge is 0.325 e. The third-order valence-electron chi connectivity index (χ3n) is 3.05. The topological polar surface area (TPSA) is 180 Å². The molecule has 1 fully saturated rings. The Morgan fingerprint density at radius 1 is 1.19 bits per heavy atom. The average molecular weight is 309 g/mol. The molecule has 0 aromatic carbocycles. The minimum Gasteiger partial charge on any atom is -0.481 e. The van der Waals surface area contributed by atoms with Gasteiger partial charge in [0.05, 0.1) is 6.61 Å². The zero-order valence-corrected chi connectivity index (χ0v) is 11.0. The second-order valence-electron chi connectivity index (χ2n) is 4.67. The zero-order chi connectivity index (χ0) is 16.2. The Balaban J connectivity index is 2.59. The molecule has 1 unspecified atom stereocenters. The molecule has 0 aromatic rings. The highest BCUT2D eigenvalue weighted by atomic mass is 16.7. The number of esters is 1. The standard InChI is InChI=1S/C11H19NO9/c12-4(1-2-6(14)15)10(19)21-11-9(18)8(17)7(16)5(3-13)20-11/h4-5,7-9,11,13,16-18H,1-3,12H2,(H,14,15)/t4-,5+,7+,8-,9+,11?/m0/s1. The van der Waals surface area contributed by atoms with E-state index >= 15 is 0 Å². The summed E-state index contributed by atoms with van der Waals surface area (Å²) < 4.78 is 9.69. The summed E-state index contributed by atoms with van der Waals surface area (Å²) in [4.78, 5) is 22.0. The van der Waals surface area contributed by atoms with Crippen molar-refractivity contribution in [1.29, 1.82) is 0 Å². The maximum Gasteiger partial charge on any atom is 0.325 e. The number of rotatable bonds is 6. The van der Waals surface area contributed by atoms with Gasteiger partial charge in [0.25, 0.3) is 0 Å². The quantitative estimate of drug-likeness (QED) is 0.270. The molecule has 0 radical (unpaired) electrons. The van der Waals surface area contributed by atoms with Gasteiger partial charge < -0.3 is 40.7 Å². The molecule has 10 nitrogen and oxygen atoms in total. The van der Waals surface area contributed by atoms with Gasteiger partial charge >= 0.3 is 11.9 Å². The van der Waals surface area contributed by atoms with Gasteiger partial charge in [-0.15, -0.1) is 0 Å². The first-order valence-electron chi connectivity index (χ1n) is 6.26. The molecule has 1 heterocycles. The molecular weight excluding hydrogens is 290 g/mol. The van der Waals surface area contributed by atoms with Gasteiger partial charge in [0.1, 0.15) is 30.5 Å². The lowest BCUT2D eigenvalue weighted by Crippen LogP contribution is -2.60. The predicted octanol–water partition coefficient (Wildman–Crippen LogP) is -3.48. The number of hydrogen-bond donors (Lipinski definition) is 6. The van der Waals surface area contributed by atoms with Crippen LogP contribution in [0.1, 0.15) is 12.8 Å². The third-order valence-corrected chi connectivity index (χ3v) is 3.05. The van der Waals surface area contributed by atoms with Gasteiger partial charge in [0, 0.05) is 6.42 Å². The van der Waals surface area contributed by atoms with Gasteiger partial charge in [-0.25, -0.2) is 0 Å². The molecule has 1 aliphatic heterocycles. The van der Waals surface area contributed by atoms with E-state index in [0.29, 0.717) is 0 Å². The summed E-state index contributed by atoms with van der Waals surface area (Å²) in [6.45, 7) is -0.663. The minimum atomic E-state index is -1.72. The first kappa shape index (κ1) is 17.8. The van der Waals surface area contributed by atoms with Gasteiger partial charge in [0.2, 0.25) is 6.29 Å². The van der Waals surface area contributed by atoms with Crippen LogP contribution >= 0.6 is 0 Å². The van der Waals surface area contributed by atoms with E-state index in [4.69, 9.17) is 25.4 Å². The number of aliphatic carboxylic acids is 1. The summed E-state index contributed by atoms with van der Waals surface area (Å²) >= 11 is 0. The second-order valence-corrected chi connectivity index (χ2v) is 4.67. The van der Waals surface area contributed by atoms with E-state index in [1.54, 1.807) is 0 Å². The van der Waals surface area contributed by atoms with Crippen LogP contribution < -0.4 is 5.73 Å². The molecule has 0 aromatic heterocycles. The number of carbonyl (C=O) groups excluding carboxylic acids is 1. The van der Waals surface area contributed by atoms with E-state index in [2.05, 4.69) is 0 Å². The Morgan fingerprint density at radius 2 is 1.81 bits per heavy atom. The van der Waals surface area contributed by atoms with Crippen LogP contribution in [0, 0.1) is 0 Å². The zero-order valence-electron chi connectivity index (χ0n) is 11.0. The lowest BCUT2D eigenvalue weighted by atomic mass is 9.99. The van der Waals surface area contributed by atoms with Crippen LogP contribution in [-0.4, -0.2) is 80.8 Å². The molecule has 1 rings (SSSR count). The van der Waals surface area contributed by atoms with Crippen molar-refractivity contribution in [2.24, 2.45) is 5.73 Å². The number of carboxylic acids is 1. The van der Waals surface area contributed by atoms with Crippen molar-refractivity contribution in [3.63, 3.8) is 0 Å². The highest BCUT2D eigenvalue weighted by molar-refractivity contribution is 5.76. The fourth-order valence-corrected chi connectivity index (χ4v) is 1.76. The Bertz CT molecular complexity index is 375. The van der Waals surface area contributed by atoms with Crippen LogP contribution in [0.5, 0.6) is 0 Å². The van der Waals surface area contributed by atoms with Gasteiger partial charge in [-0.3, -0.25) is 9.59 Å². The number of aliphatic hydroxyl groups is 4. The average Bonchev–Trinajstić information content (AvgIpc) is 2.44. The third kappa shape index (κ3) is 4.59. The molecule has 7 N–H and O–H groups in total. The Labute approximate surface area is 119 Å². The summed E-state index contributed by atoms with van der Waals surface area (Å²) in [5.41, 5.74) is 5.42. The number of nitrogens with two attached hydrogens (primary N) is 1. The normalized spacial score (nSPS) is 34.2. The van der Waals surface area contributed by atoms with Crippen molar-refractivity contribution in [3.8, 4) is 0 Å². The van der Waals surface area contributed by atoms with Crippen molar-refractivity contribution < 1.29 is 44.6 Å². The molecule has 10 heteroatoms. The summed E-state index contributed by atoms with van der Waals surface area (Å²) in [7, 11) is 0. The molecular formula is C11H19NO9.